The van der Waals surface area contributed by atoms with Gasteiger partial charge in [-0.15, -0.1) is 0 Å². The van der Waals surface area contributed by atoms with Crippen molar-refractivity contribution < 1.29 is 22.8 Å². The van der Waals surface area contributed by atoms with Gasteiger partial charge in [0.05, 0.1) is 9.80 Å². The molecule has 0 aliphatic rings. The van der Waals surface area contributed by atoms with Gasteiger partial charge in [-0.05, 0) is 48.9 Å². The zero-order valence-corrected chi connectivity index (χ0v) is 16.6. The molecule has 30 heavy (non-hydrogen) atoms. The maximum atomic E-state index is 14.6. The number of aryl methyl sites for hydroxylation is 1. The van der Waals surface area contributed by atoms with E-state index in [0.29, 0.717) is 10.7 Å². The maximum absolute atomic E-state index is 14.6. The first-order chi connectivity index (χ1) is 15.6. The van der Waals surface area contributed by atoms with Crippen molar-refractivity contribution in [2.45, 2.75) is 6.92 Å². The highest BCUT2D eigenvalue weighted by molar-refractivity contribution is 6.31. The molecule has 0 radical (unpaired) electrons. The van der Waals surface area contributed by atoms with Crippen LogP contribution in [0.4, 0.5) is 20.6 Å². The molecule has 3 N–H and O–H groups in total. The van der Waals surface area contributed by atoms with Gasteiger partial charge in [-0.2, -0.15) is 0 Å². The van der Waals surface area contributed by atoms with Crippen molar-refractivity contribution in [2.24, 2.45) is 0 Å². The van der Waals surface area contributed by atoms with Gasteiger partial charge >= 0.3 is 6.03 Å². The maximum Gasteiger partial charge on any atom is 0.323 e. The molecule has 1 heterocycles. The fourth-order valence-electron chi connectivity index (χ4n) is 2.36. The number of carbonyl (C=O) groups is 2. The summed E-state index contributed by atoms with van der Waals surface area (Å²) in [6.45, 7) is 1.78. The molecule has 0 saturated heterocycles. The molecule has 0 atom stereocenters. The van der Waals surface area contributed by atoms with Crippen LogP contribution in [0.2, 0.25) is 5.02 Å². The number of nitrogens with zero attached hydrogens (tertiary/aromatic N) is 1. The summed E-state index contributed by atoms with van der Waals surface area (Å²) in [4.78, 5) is 27.7. The van der Waals surface area contributed by atoms with Crippen molar-refractivity contribution in [3.05, 3.63) is 76.8 Å². The zero-order valence-electron chi connectivity index (χ0n) is 18.9. The van der Waals surface area contributed by atoms with Crippen LogP contribution in [0.5, 0.6) is 11.5 Å². The number of nitrogens with one attached hydrogen (secondary N) is 3. The summed E-state index contributed by atoms with van der Waals surface area (Å²) >= 11 is 5.95. The quantitative estimate of drug-likeness (QED) is 0.531. The minimum atomic E-state index is -0.848. The van der Waals surface area contributed by atoms with Gasteiger partial charge in [0.2, 0.25) is 0 Å². The lowest BCUT2D eigenvalue weighted by Gasteiger charge is -2.11. The van der Waals surface area contributed by atoms with Gasteiger partial charge in [0.1, 0.15) is 23.0 Å². The number of aromatic nitrogens is 1. The number of anilines is 2. The molecule has 0 aliphatic carbocycles. The molecule has 0 unspecified atom stereocenters. The molecular weight excluding hydrogens is 411 g/mol. The Morgan fingerprint density at radius 3 is 2.67 bits per heavy atom. The van der Waals surface area contributed by atoms with Gasteiger partial charge in [-0.25, -0.2) is 9.18 Å². The Hall–Kier alpha value is -3.65. The van der Waals surface area contributed by atoms with Crippen LogP contribution in [0.25, 0.3) is 0 Å². The molecule has 0 aliphatic heterocycles. The van der Waals surface area contributed by atoms with E-state index in [1.54, 1.807) is 25.1 Å². The summed E-state index contributed by atoms with van der Waals surface area (Å²) in [6, 6.07) is 6.61. The Labute approximate surface area is 181 Å². The van der Waals surface area contributed by atoms with Crippen LogP contribution in [0.3, 0.4) is 0 Å². The van der Waals surface area contributed by atoms with Gasteiger partial charge in [-0.1, -0.05) is 11.6 Å². The average molecular weight is 432 g/mol. The monoisotopic (exact) mass is 431 g/mol. The summed E-state index contributed by atoms with van der Waals surface area (Å²) in [7, 11) is 1.33. The first kappa shape index (κ1) is 17.2. The Bertz CT molecular complexity index is 1260. The molecule has 3 rings (SSSR count). The summed E-state index contributed by atoms with van der Waals surface area (Å²) < 4.78 is 43.7. The number of pyridine rings is 1. The summed E-state index contributed by atoms with van der Waals surface area (Å²) in [6.07, 6.45) is -0.576. The number of urea groups is 1. The van der Waals surface area contributed by atoms with Crippen LogP contribution in [0.1, 0.15) is 20.2 Å². The molecular formula is C21H18ClFN4O3. The number of carbonyl (C=O) groups excluding carboxylic acids is 2. The van der Waals surface area contributed by atoms with E-state index in [9.17, 15) is 14.0 Å². The SMILES string of the molecule is [2H]c1nc(C(=O)NC)c([2H])c(Oc2ccc(NC(=O)Nc3ccc(Cl)c(C)c3)c(F)c2)c1[2H]. The Kier molecular flexibility index (Phi) is 5.30. The molecule has 3 aromatic rings. The molecule has 1 aromatic heterocycles. The summed E-state index contributed by atoms with van der Waals surface area (Å²) in [5, 5.41) is 7.76. The highest BCUT2D eigenvalue weighted by Gasteiger charge is 2.11. The van der Waals surface area contributed by atoms with E-state index in [1.807, 2.05) is 0 Å². The van der Waals surface area contributed by atoms with E-state index in [4.69, 9.17) is 20.5 Å². The van der Waals surface area contributed by atoms with Crippen molar-refractivity contribution in [3.8, 4) is 11.5 Å². The van der Waals surface area contributed by atoms with Gasteiger partial charge in [-0.3, -0.25) is 9.78 Å². The molecule has 154 valence electrons. The number of benzene rings is 2. The van der Waals surface area contributed by atoms with E-state index < -0.39 is 47.5 Å². The standard InChI is InChI=1S/C21H18ClFN4O3/c1-12-9-13(3-5-16(12)22)26-21(29)27-18-6-4-14(10-17(18)23)30-15-7-8-25-19(11-15)20(28)24-2/h3-11H,1-2H3,(H,24,28)(H2,26,27,29)/i7D,8D,11D. The van der Waals surface area contributed by atoms with Crippen molar-refractivity contribution in [1.29, 1.82) is 0 Å². The predicted octanol–water partition coefficient (Wildman–Crippen LogP) is 4.98. The smallest absolute Gasteiger partial charge is 0.323 e. The number of rotatable bonds is 5. The van der Waals surface area contributed by atoms with E-state index in [0.717, 1.165) is 11.6 Å². The normalized spacial score (nSPS) is 11.7. The van der Waals surface area contributed by atoms with Crippen molar-refractivity contribution >= 4 is 34.9 Å². The zero-order chi connectivity index (χ0) is 24.3. The van der Waals surface area contributed by atoms with Gasteiger partial charge in [0.15, 0.2) is 0 Å². The van der Waals surface area contributed by atoms with E-state index in [1.165, 1.54) is 19.2 Å². The summed E-state index contributed by atoms with van der Waals surface area (Å²) in [5.41, 5.74) is 0.679. The molecule has 3 amide bonds. The fourth-order valence-corrected chi connectivity index (χ4v) is 2.48. The minimum absolute atomic E-state index is 0.109. The third-order valence-corrected chi connectivity index (χ3v) is 4.26. The number of ether oxygens (including phenoxy) is 1. The lowest BCUT2D eigenvalue weighted by atomic mass is 10.2. The van der Waals surface area contributed by atoms with Gasteiger partial charge < -0.3 is 20.7 Å². The Balaban J connectivity index is 1.78. The molecule has 0 bridgehead atoms. The third kappa shape index (κ3) is 5.24. The molecule has 0 fully saturated rings. The highest BCUT2D eigenvalue weighted by Crippen LogP contribution is 2.26. The van der Waals surface area contributed by atoms with Crippen molar-refractivity contribution in [3.63, 3.8) is 0 Å². The van der Waals surface area contributed by atoms with Crippen LogP contribution < -0.4 is 20.7 Å². The number of halogens is 2. The topological polar surface area (TPSA) is 92.3 Å². The lowest BCUT2D eigenvalue weighted by Crippen LogP contribution is -2.20. The van der Waals surface area contributed by atoms with Crippen LogP contribution >= 0.6 is 11.6 Å². The lowest BCUT2D eigenvalue weighted by molar-refractivity contribution is 0.0958. The van der Waals surface area contributed by atoms with Gasteiger partial charge in [0, 0.05) is 36.0 Å². The average Bonchev–Trinajstić information content (AvgIpc) is 2.77. The second kappa shape index (κ2) is 9.23. The number of amides is 3. The minimum Gasteiger partial charge on any atom is -0.457 e. The Morgan fingerprint density at radius 1 is 1.17 bits per heavy atom. The van der Waals surface area contributed by atoms with Crippen LogP contribution in [-0.4, -0.2) is 24.0 Å². The number of hydrogen-bond acceptors (Lipinski definition) is 4. The number of hydrogen-bond donors (Lipinski definition) is 3. The first-order valence-electron chi connectivity index (χ1n) is 10.1. The Morgan fingerprint density at radius 2 is 1.97 bits per heavy atom. The summed E-state index contributed by atoms with van der Waals surface area (Å²) in [5.74, 6) is -2.11. The third-order valence-electron chi connectivity index (χ3n) is 3.84. The molecule has 7 nitrogen and oxygen atoms in total. The fraction of sp³-hybridized carbons (Fsp3) is 0.0952. The largest absolute Gasteiger partial charge is 0.457 e. The van der Waals surface area contributed by atoms with Crippen LogP contribution in [-0.2, 0) is 0 Å². The van der Waals surface area contributed by atoms with Crippen LogP contribution in [0, 0.1) is 12.7 Å². The molecule has 9 heteroatoms. The van der Waals surface area contributed by atoms with Gasteiger partial charge in [0.25, 0.3) is 5.91 Å². The van der Waals surface area contributed by atoms with Crippen LogP contribution in [0.15, 0.2) is 54.7 Å². The predicted molar refractivity (Wildman–Crippen MR) is 113 cm³/mol. The molecule has 2 aromatic carbocycles. The van der Waals surface area contributed by atoms with Crippen molar-refractivity contribution in [2.75, 3.05) is 17.7 Å². The second-order valence-electron chi connectivity index (χ2n) is 6.02. The van der Waals surface area contributed by atoms with E-state index in [2.05, 4.69) is 20.9 Å². The van der Waals surface area contributed by atoms with E-state index >= 15 is 0 Å². The first-order valence-corrected chi connectivity index (χ1v) is 9.00. The molecule has 0 spiro atoms. The molecule has 0 saturated carbocycles. The highest BCUT2D eigenvalue weighted by atomic mass is 35.5. The van der Waals surface area contributed by atoms with E-state index in [-0.39, 0.29) is 11.4 Å². The second-order valence-corrected chi connectivity index (χ2v) is 6.42. The van der Waals surface area contributed by atoms with Crippen molar-refractivity contribution in [1.82, 2.24) is 10.3 Å².